The predicted octanol–water partition coefficient (Wildman–Crippen LogP) is 2.70. The molecule has 0 radical (unpaired) electrons. The third-order valence-electron chi connectivity index (χ3n) is 4.31. The second kappa shape index (κ2) is 6.78. The number of benzene rings is 1. The lowest BCUT2D eigenvalue weighted by atomic mass is 9.73. The Morgan fingerprint density at radius 2 is 2.14 bits per heavy atom. The quantitative estimate of drug-likeness (QED) is 0.820. The molecule has 3 nitrogen and oxygen atoms in total. The molecule has 112 valence electrons. The Kier molecular flexibility index (Phi) is 5.03. The van der Waals surface area contributed by atoms with Gasteiger partial charge in [0.05, 0.1) is 12.1 Å². The molecule has 0 aliphatic heterocycles. The molecule has 21 heavy (non-hydrogen) atoms. The predicted molar refractivity (Wildman–Crippen MR) is 85.9 cm³/mol. The van der Waals surface area contributed by atoms with Gasteiger partial charge in [-0.1, -0.05) is 50.7 Å². The Hall–Kier alpha value is -1.79. The second-order valence-electron chi connectivity index (χ2n) is 6.31. The molecule has 0 aromatic heterocycles. The molecular formula is C18H24N2O. The fourth-order valence-electron chi connectivity index (χ4n) is 2.93. The summed E-state index contributed by atoms with van der Waals surface area (Å²) in [6.07, 6.45) is 4.64. The maximum absolute atomic E-state index is 12.6. The molecule has 1 aromatic carbocycles. The van der Waals surface area contributed by atoms with Crippen LogP contribution in [0, 0.1) is 17.3 Å². The van der Waals surface area contributed by atoms with Crippen molar-refractivity contribution in [2.75, 3.05) is 6.54 Å². The maximum atomic E-state index is 12.6. The van der Waals surface area contributed by atoms with Crippen LogP contribution in [0.4, 0.5) is 0 Å². The summed E-state index contributed by atoms with van der Waals surface area (Å²) in [5, 5.41) is 3.20. The summed E-state index contributed by atoms with van der Waals surface area (Å²) in [6, 6.07) is 7.68. The summed E-state index contributed by atoms with van der Waals surface area (Å²) in [7, 11) is 0. The maximum Gasteiger partial charge on any atom is 0.252 e. The van der Waals surface area contributed by atoms with Gasteiger partial charge in [-0.2, -0.15) is 0 Å². The zero-order valence-electron chi connectivity index (χ0n) is 12.9. The van der Waals surface area contributed by atoms with Crippen LogP contribution in [-0.2, 0) is 0 Å². The molecule has 1 saturated carbocycles. The molecule has 0 bridgehead atoms. The lowest BCUT2D eigenvalue weighted by molar-refractivity contribution is 0.0853. The molecule has 1 aromatic rings. The molecule has 1 aliphatic carbocycles. The van der Waals surface area contributed by atoms with Gasteiger partial charge < -0.3 is 11.1 Å². The number of rotatable bonds is 2. The van der Waals surface area contributed by atoms with Gasteiger partial charge in [0.15, 0.2) is 0 Å². The summed E-state index contributed by atoms with van der Waals surface area (Å²) in [4.78, 5) is 12.6. The summed E-state index contributed by atoms with van der Waals surface area (Å²) < 4.78 is 0. The van der Waals surface area contributed by atoms with Gasteiger partial charge in [-0.15, -0.1) is 0 Å². The van der Waals surface area contributed by atoms with E-state index in [9.17, 15) is 4.79 Å². The Bertz CT molecular complexity index is 566. The molecule has 1 atom stereocenters. The van der Waals surface area contributed by atoms with E-state index in [2.05, 4.69) is 31.0 Å². The van der Waals surface area contributed by atoms with Crippen molar-refractivity contribution in [3.8, 4) is 11.8 Å². The van der Waals surface area contributed by atoms with Crippen LogP contribution in [0.15, 0.2) is 24.3 Å². The number of nitrogens with one attached hydrogen (secondary N) is 1. The van der Waals surface area contributed by atoms with E-state index in [0.717, 1.165) is 18.4 Å². The highest BCUT2D eigenvalue weighted by atomic mass is 16.1. The van der Waals surface area contributed by atoms with E-state index < -0.39 is 0 Å². The Morgan fingerprint density at radius 3 is 2.86 bits per heavy atom. The van der Waals surface area contributed by atoms with Gasteiger partial charge in [-0.05, 0) is 30.4 Å². The first-order valence-corrected chi connectivity index (χ1v) is 7.63. The zero-order chi connectivity index (χ0) is 15.3. The van der Waals surface area contributed by atoms with Crippen molar-refractivity contribution in [1.29, 1.82) is 0 Å². The standard InChI is InChI=1S/C18H24N2O/c1-18(2)12-6-5-11-16(18)20-17(21)15-10-4-3-8-14(15)9-7-13-19/h3-4,8,10,16H,5-6,11-13,19H2,1-2H3,(H,20,21). The number of carbonyl (C=O) groups excluding carboxylic acids is 1. The second-order valence-corrected chi connectivity index (χ2v) is 6.31. The van der Waals surface area contributed by atoms with E-state index in [0.29, 0.717) is 12.1 Å². The van der Waals surface area contributed by atoms with Gasteiger partial charge in [-0.3, -0.25) is 4.79 Å². The van der Waals surface area contributed by atoms with E-state index >= 15 is 0 Å². The van der Waals surface area contributed by atoms with Crippen molar-refractivity contribution in [2.45, 2.75) is 45.6 Å². The van der Waals surface area contributed by atoms with Gasteiger partial charge >= 0.3 is 0 Å². The van der Waals surface area contributed by atoms with Crippen LogP contribution < -0.4 is 11.1 Å². The molecule has 3 heteroatoms. The smallest absolute Gasteiger partial charge is 0.252 e. The Morgan fingerprint density at radius 1 is 1.38 bits per heavy atom. The first-order valence-electron chi connectivity index (χ1n) is 7.63. The van der Waals surface area contributed by atoms with Crippen LogP contribution in [0.2, 0.25) is 0 Å². The summed E-state index contributed by atoms with van der Waals surface area (Å²) in [5.74, 6) is 5.76. The minimum absolute atomic E-state index is 0.0307. The van der Waals surface area contributed by atoms with Crippen molar-refractivity contribution >= 4 is 5.91 Å². The molecule has 0 heterocycles. The molecule has 2 rings (SSSR count). The number of hydrogen-bond acceptors (Lipinski definition) is 2. The van der Waals surface area contributed by atoms with Crippen molar-refractivity contribution in [3.63, 3.8) is 0 Å². The zero-order valence-corrected chi connectivity index (χ0v) is 12.9. The van der Waals surface area contributed by atoms with Crippen molar-refractivity contribution in [2.24, 2.45) is 11.1 Å². The van der Waals surface area contributed by atoms with E-state index in [-0.39, 0.29) is 17.4 Å². The highest BCUT2D eigenvalue weighted by Gasteiger charge is 2.33. The number of amides is 1. The average molecular weight is 284 g/mol. The molecular weight excluding hydrogens is 260 g/mol. The first kappa shape index (κ1) is 15.6. The molecule has 1 amide bonds. The van der Waals surface area contributed by atoms with Gasteiger partial charge in [0.25, 0.3) is 5.91 Å². The first-order chi connectivity index (χ1) is 10.0. The van der Waals surface area contributed by atoms with Crippen molar-refractivity contribution < 1.29 is 4.79 Å². The Labute approximate surface area is 127 Å². The summed E-state index contributed by atoms with van der Waals surface area (Å²) in [6.45, 7) is 4.76. The van der Waals surface area contributed by atoms with Gasteiger partial charge in [0.2, 0.25) is 0 Å². The van der Waals surface area contributed by atoms with Crippen LogP contribution in [0.1, 0.15) is 55.5 Å². The van der Waals surface area contributed by atoms with E-state index in [1.165, 1.54) is 12.8 Å². The fourth-order valence-corrected chi connectivity index (χ4v) is 2.93. The third kappa shape index (κ3) is 3.86. The monoisotopic (exact) mass is 284 g/mol. The highest BCUT2D eigenvalue weighted by molar-refractivity contribution is 5.97. The largest absolute Gasteiger partial charge is 0.349 e. The van der Waals surface area contributed by atoms with E-state index in [1.54, 1.807) is 0 Å². The lowest BCUT2D eigenvalue weighted by Crippen LogP contribution is -2.46. The Balaban J connectivity index is 2.17. The van der Waals surface area contributed by atoms with Gasteiger partial charge in [0.1, 0.15) is 0 Å². The number of nitrogens with two attached hydrogens (primary N) is 1. The molecule has 1 unspecified atom stereocenters. The van der Waals surface area contributed by atoms with Crippen LogP contribution >= 0.6 is 0 Å². The van der Waals surface area contributed by atoms with Crippen LogP contribution in [0.25, 0.3) is 0 Å². The van der Waals surface area contributed by atoms with E-state index in [4.69, 9.17) is 5.73 Å². The average Bonchev–Trinajstić information content (AvgIpc) is 2.47. The molecule has 0 spiro atoms. The van der Waals surface area contributed by atoms with Crippen LogP contribution in [0.3, 0.4) is 0 Å². The number of carbonyl (C=O) groups is 1. The molecule has 0 saturated heterocycles. The topological polar surface area (TPSA) is 55.1 Å². The molecule has 1 aliphatic rings. The molecule has 3 N–H and O–H groups in total. The van der Waals surface area contributed by atoms with Crippen LogP contribution in [0.5, 0.6) is 0 Å². The summed E-state index contributed by atoms with van der Waals surface area (Å²) >= 11 is 0. The highest BCUT2D eigenvalue weighted by Crippen LogP contribution is 2.35. The third-order valence-corrected chi connectivity index (χ3v) is 4.31. The lowest BCUT2D eigenvalue weighted by Gasteiger charge is -2.39. The van der Waals surface area contributed by atoms with Gasteiger partial charge in [-0.25, -0.2) is 0 Å². The minimum atomic E-state index is -0.0307. The molecule has 1 fully saturated rings. The minimum Gasteiger partial charge on any atom is -0.349 e. The fraction of sp³-hybridized carbons (Fsp3) is 0.500. The van der Waals surface area contributed by atoms with Crippen molar-refractivity contribution in [1.82, 2.24) is 5.32 Å². The van der Waals surface area contributed by atoms with Gasteiger partial charge in [0, 0.05) is 11.6 Å². The van der Waals surface area contributed by atoms with E-state index in [1.807, 2.05) is 24.3 Å². The SMILES string of the molecule is CC1(C)CCCCC1NC(=O)c1ccccc1C#CCN. The normalized spacial score (nSPS) is 20.2. The summed E-state index contributed by atoms with van der Waals surface area (Å²) in [5.41, 5.74) is 6.96. The number of hydrogen-bond donors (Lipinski definition) is 2. The van der Waals surface area contributed by atoms with Crippen molar-refractivity contribution in [3.05, 3.63) is 35.4 Å². The van der Waals surface area contributed by atoms with Crippen LogP contribution in [-0.4, -0.2) is 18.5 Å².